The third kappa shape index (κ3) is 4.21. The summed E-state index contributed by atoms with van der Waals surface area (Å²) in [6.07, 6.45) is -0.258. The molecule has 0 unspecified atom stereocenters. The van der Waals surface area contributed by atoms with Gasteiger partial charge in [-0.1, -0.05) is 44.9 Å². The number of aromatic nitrogens is 1. The highest BCUT2D eigenvalue weighted by Gasteiger charge is 2.30. The van der Waals surface area contributed by atoms with Gasteiger partial charge in [-0.25, -0.2) is 0 Å². The van der Waals surface area contributed by atoms with E-state index in [4.69, 9.17) is 0 Å². The second-order valence-electron chi connectivity index (χ2n) is 6.50. The van der Waals surface area contributed by atoms with Crippen molar-refractivity contribution in [1.29, 1.82) is 0 Å². The minimum atomic E-state index is -4.67. The Labute approximate surface area is 151 Å². The predicted molar refractivity (Wildman–Crippen MR) is 98.1 cm³/mol. The van der Waals surface area contributed by atoms with E-state index in [2.05, 4.69) is 47.5 Å². The molecule has 0 atom stereocenters. The highest BCUT2D eigenvalue weighted by Crippen LogP contribution is 2.29. The molecule has 3 rings (SSSR count). The number of halogens is 3. The summed E-state index contributed by atoms with van der Waals surface area (Å²) in [5.41, 5.74) is 3.00. The van der Waals surface area contributed by atoms with Gasteiger partial charge in [-0.15, -0.1) is 13.2 Å². The Hall–Kier alpha value is -2.43. The fraction of sp³-hybridized carbons (Fsp3) is 0.333. The lowest BCUT2D eigenvalue weighted by Crippen LogP contribution is -2.16. The van der Waals surface area contributed by atoms with Gasteiger partial charge in [-0.2, -0.15) is 0 Å². The van der Waals surface area contributed by atoms with Crippen molar-refractivity contribution in [2.45, 2.75) is 39.6 Å². The molecular weight excluding hydrogens is 339 g/mol. The monoisotopic (exact) mass is 361 g/mol. The maximum absolute atomic E-state index is 12.3. The molecule has 2 nitrogen and oxygen atoms in total. The molecule has 0 bridgehead atoms. The number of rotatable bonds is 6. The first-order valence-electron chi connectivity index (χ1n) is 8.84. The van der Waals surface area contributed by atoms with E-state index in [1.807, 2.05) is 6.07 Å². The number of alkyl halides is 3. The minimum absolute atomic E-state index is 0.210. The van der Waals surface area contributed by atoms with E-state index in [1.54, 1.807) is 12.1 Å². The van der Waals surface area contributed by atoms with E-state index in [0.29, 0.717) is 5.92 Å². The summed E-state index contributed by atoms with van der Waals surface area (Å²) in [6.45, 7) is 5.42. The second-order valence-corrected chi connectivity index (χ2v) is 6.50. The lowest BCUT2D eigenvalue weighted by atomic mass is 10.0. The van der Waals surface area contributed by atoms with E-state index < -0.39 is 6.36 Å². The highest BCUT2D eigenvalue weighted by molar-refractivity contribution is 5.85. The van der Waals surface area contributed by atoms with Crippen molar-refractivity contribution in [1.82, 2.24) is 4.57 Å². The molecule has 26 heavy (non-hydrogen) atoms. The van der Waals surface area contributed by atoms with Gasteiger partial charge in [0.15, 0.2) is 0 Å². The topological polar surface area (TPSA) is 14.2 Å². The molecule has 0 N–H and O–H groups in total. The molecule has 1 heterocycles. The molecule has 0 radical (unpaired) electrons. The zero-order valence-electron chi connectivity index (χ0n) is 14.9. The number of hydrogen-bond acceptors (Lipinski definition) is 1. The molecule has 0 saturated carbocycles. The number of ether oxygens (including phenoxy) is 1. The van der Waals surface area contributed by atoms with Crippen LogP contribution in [-0.4, -0.2) is 10.9 Å². The summed E-state index contributed by atoms with van der Waals surface area (Å²) in [6, 6.07) is 14.2. The van der Waals surface area contributed by atoms with Crippen molar-refractivity contribution in [2.75, 3.05) is 0 Å². The number of nitrogens with zero attached hydrogens (tertiary/aromatic N) is 1. The van der Waals surface area contributed by atoms with Gasteiger partial charge >= 0.3 is 6.36 Å². The summed E-state index contributed by atoms with van der Waals surface area (Å²) in [5.74, 6) is 0.449. The minimum Gasteiger partial charge on any atom is -0.406 e. The Balaban J connectivity index is 1.83. The molecule has 0 fully saturated rings. The summed E-state index contributed by atoms with van der Waals surface area (Å²) in [5, 5.41) is 1.13. The molecule has 0 aliphatic rings. The van der Waals surface area contributed by atoms with Crippen molar-refractivity contribution < 1.29 is 17.9 Å². The Morgan fingerprint density at radius 2 is 1.58 bits per heavy atom. The Morgan fingerprint density at radius 3 is 2.19 bits per heavy atom. The summed E-state index contributed by atoms with van der Waals surface area (Å²) < 4.78 is 43.0. The van der Waals surface area contributed by atoms with Crippen LogP contribution in [-0.2, 0) is 6.54 Å². The van der Waals surface area contributed by atoms with Gasteiger partial charge < -0.3 is 9.30 Å². The van der Waals surface area contributed by atoms with E-state index in [-0.39, 0.29) is 5.75 Å². The second kappa shape index (κ2) is 7.44. The van der Waals surface area contributed by atoms with Crippen molar-refractivity contribution in [3.63, 3.8) is 0 Å². The van der Waals surface area contributed by atoms with E-state index in [0.717, 1.165) is 35.9 Å². The molecule has 0 amide bonds. The van der Waals surface area contributed by atoms with Gasteiger partial charge in [0, 0.05) is 23.6 Å². The molecule has 1 aromatic heterocycles. The smallest absolute Gasteiger partial charge is 0.406 e. The Kier molecular flexibility index (Phi) is 5.25. The van der Waals surface area contributed by atoms with Crippen LogP contribution in [0.15, 0.2) is 54.7 Å². The first-order valence-corrected chi connectivity index (χ1v) is 8.84. The van der Waals surface area contributed by atoms with Crippen LogP contribution in [0.5, 0.6) is 5.75 Å². The maximum atomic E-state index is 12.3. The third-order valence-electron chi connectivity index (χ3n) is 4.80. The summed E-state index contributed by atoms with van der Waals surface area (Å²) in [4.78, 5) is 0. The standard InChI is InChI=1S/C21H22F3NO/c1-3-15(4-2)14-25-12-11-18-13-17(7-10-20(18)25)16-5-8-19(9-6-16)26-21(22,23)24/h5-13,15H,3-4,14H2,1-2H3. The van der Waals surface area contributed by atoms with E-state index in [1.165, 1.54) is 17.6 Å². The predicted octanol–water partition coefficient (Wildman–Crippen LogP) is 6.64. The van der Waals surface area contributed by atoms with Gasteiger partial charge in [0.2, 0.25) is 0 Å². The zero-order chi connectivity index (χ0) is 18.7. The first kappa shape index (κ1) is 18.4. The Morgan fingerprint density at radius 1 is 0.923 bits per heavy atom. The van der Waals surface area contributed by atoms with Crippen LogP contribution >= 0.6 is 0 Å². The van der Waals surface area contributed by atoms with Crippen molar-refractivity contribution in [2.24, 2.45) is 5.92 Å². The first-order chi connectivity index (χ1) is 12.4. The molecule has 0 aliphatic carbocycles. The van der Waals surface area contributed by atoms with Crippen LogP contribution in [0, 0.1) is 5.92 Å². The normalized spacial score (nSPS) is 12.1. The highest BCUT2D eigenvalue weighted by atomic mass is 19.4. The Bertz CT molecular complexity index is 861. The molecule has 0 spiro atoms. The molecule has 0 aliphatic heterocycles. The average Bonchev–Trinajstić information content (AvgIpc) is 3.01. The van der Waals surface area contributed by atoms with Crippen LogP contribution in [0.4, 0.5) is 13.2 Å². The molecule has 2 aromatic carbocycles. The third-order valence-corrected chi connectivity index (χ3v) is 4.80. The van der Waals surface area contributed by atoms with Crippen LogP contribution < -0.4 is 4.74 Å². The van der Waals surface area contributed by atoms with E-state index in [9.17, 15) is 13.2 Å². The zero-order valence-corrected chi connectivity index (χ0v) is 14.9. The largest absolute Gasteiger partial charge is 0.573 e. The van der Waals surface area contributed by atoms with Crippen LogP contribution in [0.3, 0.4) is 0 Å². The average molecular weight is 361 g/mol. The van der Waals surface area contributed by atoms with Gasteiger partial charge in [0.25, 0.3) is 0 Å². The van der Waals surface area contributed by atoms with Crippen LogP contribution in [0.1, 0.15) is 26.7 Å². The van der Waals surface area contributed by atoms with Crippen LogP contribution in [0.2, 0.25) is 0 Å². The van der Waals surface area contributed by atoms with Gasteiger partial charge in [-0.05, 0) is 47.4 Å². The summed E-state index contributed by atoms with van der Waals surface area (Å²) >= 11 is 0. The van der Waals surface area contributed by atoms with Crippen LogP contribution in [0.25, 0.3) is 22.0 Å². The molecule has 3 aromatic rings. The van der Waals surface area contributed by atoms with Crippen molar-refractivity contribution in [3.05, 3.63) is 54.7 Å². The van der Waals surface area contributed by atoms with Crippen molar-refractivity contribution >= 4 is 10.9 Å². The SMILES string of the molecule is CCC(CC)Cn1ccc2cc(-c3ccc(OC(F)(F)F)cc3)ccc21. The van der Waals surface area contributed by atoms with Gasteiger partial charge in [0.1, 0.15) is 5.75 Å². The van der Waals surface area contributed by atoms with Gasteiger partial charge in [0.05, 0.1) is 0 Å². The van der Waals surface area contributed by atoms with E-state index >= 15 is 0 Å². The van der Waals surface area contributed by atoms with Gasteiger partial charge in [-0.3, -0.25) is 0 Å². The van der Waals surface area contributed by atoms with Crippen molar-refractivity contribution in [3.8, 4) is 16.9 Å². The molecule has 0 saturated heterocycles. The molecule has 5 heteroatoms. The quantitative estimate of drug-likeness (QED) is 0.480. The molecular formula is C21H22F3NO. The number of hydrogen-bond donors (Lipinski definition) is 0. The number of fused-ring (bicyclic) bond motifs is 1. The fourth-order valence-corrected chi connectivity index (χ4v) is 3.21. The fourth-order valence-electron chi connectivity index (χ4n) is 3.21. The number of benzene rings is 2. The lowest BCUT2D eigenvalue weighted by Gasteiger charge is -2.14. The lowest BCUT2D eigenvalue weighted by molar-refractivity contribution is -0.274. The summed E-state index contributed by atoms with van der Waals surface area (Å²) in [7, 11) is 0. The molecule has 138 valence electrons. The maximum Gasteiger partial charge on any atom is 0.573 e.